The highest BCUT2D eigenvalue weighted by molar-refractivity contribution is 5.46. The van der Waals surface area contributed by atoms with Crippen LogP contribution in [0.3, 0.4) is 0 Å². The Morgan fingerprint density at radius 3 is 2.90 bits per heavy atom. The number of aryl methyl sites for hydroxylation is 2. The molecule has 0 aromatic carbocycles. The van der Waals surface area contributed by atoms with Crippen molar-refractivity contribution in [2.24, 2.45) is 0 Å². The summed E-state index contributed by atoms with van der Waals surface area (Å²) in [6.07, 6.45) is 7.20. The summed E-state index contributed by atoms with van der Waals surface area (Å²) in [7, 11) is 1.00. The Morgan fingerprint density at radius 2 is 2.10 bits per heavy atom. The van der Waals surface area contributed by atoms with Crippen molar-refractivity contribution in [2.45, 2.75) is 45.4 Å². The van der Waals surface area contributed by atoms with Crippen molar-refractivity contribution in [2.75, 3.05) is 32.1 Å². The lowest BCUT2D eigenvalue weighted by molar-refractivity contribution is 0.399. The van der Waals surface area contributed by atoms with Crippen molar-refractivity contribution in [3.05, 3.63) is 23.4 Å². The minimum Gasteiger partial charge on any atom is -0.400 e. The van der Waals surface area contributed by atoms with Crippen LogP contribution in [0.1, 0.15) is 43.9 Å². The molecule has 0 radical (unpaired) electrons. The van der Waals surface area contributed by atoms with Gasteiger partial charge in [-0.1, -0.05) is 13.0 Å². The number of hydrogen-bond donors (Lipinski definition) is 3. The molecule has 114 valence electrons. The number of aliphatic hydroxyl groups excluding tert-OH is 1. The van der Waals surface area contributed by atoms with E-state index in [-0.39, 0.29) is 0 Å². The third kappa shape index (κ3) is 5.88. The Bertz CT molecular complexity index is 369. The molecule has 0 spiro atoms. The summed E-state index contributed by atoms with van der Waals surface area (Å²) in [5.74, 6) is 1.13. The van der Waals surface area contributed by atoms with Crippen molar-refractivity contribution < 1.29 is 5.11 Å². The monoisotopic (exact) mass is 279 g/mol. The molecule has 0 saturated carbocycles. The molecule has 0 atom stereocenters. The van der Waals surface area contributed by atoms with Gasteiger partial charge in [-0.05, 0) is 63.2 Å². The summed E-state index contributed by atoms with van der Waals surface area (Å²) in [6, 6.07) is 4.45. The van der Waals surface area contributed by atoms with Crippen molar-refractivity contribution in [3.63, 3.8) is 0 Å². The first kappa shape index (κ1) is 16.9. The van der Waals surface area contributed by atoms with Gasteiger partial charge in [0.25, 0.3) is 0 Å². The topological polar surface area (TPSA) is 57.2 Å². The molecular weight excluding hydrogens is 250 g/mol. The number of aliphatic hydroxyl groups is 1. The average molecular weight is 279 g/mol. The van der Waals surface area contributed by atoms with E-state index in [9.17, 15) is 0 Å². The minimum absolute atomic E-state index is 1.00. The van der Waals surface area contributed by atoms with E-state index in [2.05, 4.69) is 29.7 Å². The van der Waals surface area contributed by atoms with Crippen LogP contribution in [0.15, 0.2) is 12.1 Å². The molecule has 1 aliphatic rings. The molecule has 0 bridgehead atoms. The van der Waals surface area contributed by atoms with E-state index in [4.69, 9.17) is 10.1 Å². The number of unbranched alkanes of at least 4 members (excludes halogenated alkanes) is 1. The minimum atomic E-state index is 1.00. The van der Waals surface area contributed by atoms with Crippen LogP contribution in [0.25, 0.3) is 0 Å². The second-order valence-corrected chi connectivity index (χ2v) is 5.05. The number of pyridine rings is 1. The lowest BCUT2D eigenvalue weighted by Gasteiger charge is -2.17. The van der Waals surface area contributed by atoms with Crippen molar-refractivity contribution in [1.29, 1.82) is 0 Å². The van der Waals surface area contributed by atoms with Crippen LogP contribution in [0, 0.1) is 0 Å². The third-order valence-corrected chi connectivity index (χ3v) is 3.42. The molecule has 4 heteroatoms. The van der Waals surface area contributed by atoms with Crippen molar-refractivity contribution in [3.8, 4) is 0 Å². The zero-order valence-electron chi connectivity index (χ0n) is 12.9. The lowest BCUT2D eigenvalue weighted by Crippen LogP contribution is -2.16. The fraction of sp³-hybridized carbons (Fsp3) is 0.688. The van der Waals surface area contributed by atoms with E-state index in [1.807, 2.05) is 0 Å². The molecule has 0 aliphatic carbocycles. The van der Waals surface area contributed by atoms with Gasteiger partial charge in [-0.25, -0.2) is 4.98 Å². The Kier molecular flexibility index (Phi) is 9.00. The highest BCUT2D eigenvalue weighted by Crippen LogP contribution is 2.20. The number of nitrogens with one attached hydrogen (secondary N) is 2. The molecule has 4 nitrogen and oxygen atoms in total. The maximum atomic E-state index is 7.00. The predicted molar refractivity (Wildman–Crippen MR) is 85.3 cm³/mol. The van der Waals surface area contributed by atoms with Gasteiger partial charge in [0, 0.05) is 19.3 Å². The van der Waals surface area contributed by atoms with E-state index in [0.29, 0.717) is 0 Å². The summed E-state index contributed by atoms with van der Waals surface area (Å²) in [6.45, 7) is 5.56. The summed E-state index contributed by atoms with van der Waals surface area (Å²) >= 11 is 0. The lowest BCUT2D eigenvalue weighted by atomic mass is 10.1. The molecular formula is C16H29N3O. The summed E-state index contributed by atoms with van der Waals surface area (Å²) < 4.78 is 0. The van der Waals surface area contributed by atoms with Gasteiger partial charge in [0.15, 0.2) is 0 Å². The Hall–Kier alpha value is -1.13. The van der Waals surface area contributed by atoms with Gasteiger partial charge in [-0.3, -0.25) is 0 Å². The fourth-order valence-corrected chi connectivity index (χ4v) is 2.37. The summed E-state index contributed by atoms with van der Waals surface area (Å²) in [5, 5.41) is 13.8. The van der Waals surface area contributed by atoms with Gasteiger partial charge in [0.1, 0.15) is 5.82 Å². The van der Waals surface area contributed by atoms with Crippen LogP contribution in [-0.2, 0) is 12.8 Å². The molecule has 20 heavy (non-hydrogen) atoms. The number of rotatable bonds is 7. The van der Waals surface area contributed by atoms with E-state index >= 15 is 0 Å². The quantitative estimate of drug-likeness (QED) is 0.671. The summed E-state index contributed by atoms with van der Waals surface area (Å²) in [5.41, 5.74) is 2.62. The number of fused-ring (bicyclic) bond motifs is 1. The van der Waals surface area contributed by atoms with Crippen LogP contribution in [0.4, 0.5) is 5.82 Å². The van der Waals surface area contributed by atoms with Gasteiger partial charge in [-0.2, -0.15) is 0 Å². The van der Waals surface area contributed by atoms with Gasteiger partial charge >= 0.3 is 0 Å². The smallest absolute Gasteiger partial charge is 0.129 e. The second-order valence-electron chi connectivity index (χ2n) is 5.05. The van der Waals surface area contributed by atoms with E-state index in [1.165, 1.54) is 43.4 Å². The largest absolute Gasteiger partial charge is 0.400 e. The van der Waals surface area contributed by atoms with Gasteiger partial charge in [0.05, 0.1) is 0 Å². The van der Waals surface area contributed by atoms with Gasteiger partial charge in [0.2, 0.25) is 0 Å². The second kappa shape index (κ2) is 10.6. The molecule has 2 rings (SSSR count). The van der Waals surface area contributed by atoms with Crippen molar-refractivity contribution >= 4 is 5.82 Å². The van der Waals surface area contributed by atoms with Crippen LogP contribution >= 0.6 is 0 Å². The molecule has 0 unspecified atom stereocenters. The Labute approximate surface area is 123 Å². The van der Waals surface area contributed by atoms with Crippen LogP contribution < -0.4 is 10.6 Å². The molecule has 1 aromatic rings. The highest BCUT2D eigenvalue weighted by atomic mass is 16.2. The zero-order chi connectivity index (χ0) is 14.6. The first-order valence-corrected chi connectivity index (χ1v) is 7.78. The van der Waals surface area contributed by atoms with Crippen LogP contribution in [-0.4, -0.2) is 36.8 Å². The first-order valence-electron chi connectivity index (χ1n) is 7.78. The molecule has 3 N–H and O–H groups in total. The van der Waals surface area contributed by atoms with Crippen LogP contribution in [0.2, 0.25) is 0 Å². The van der Waals surface area contributed by atoms with E-state index < -0.39 is 0 Å². The number of aromatic nitrogens is 1. The fourth-order valence-electron chi connectivity index (χ4n) is 2.37. The SMILES string of the molecule is CCCNCCCCc1ccc2c(n1)NCCC2.CO. The highest BCUT2D eigenvalue weighted by Gasteiger charge is 2.09. The Balaban J connectivity index is 0.000000956. The summed E-state index contributed by atoms with van der Waals surface area (Å²) in [4.78, 5) is 4.72. The van der Waals surface area contributed by atoms with Gasteiger partial charge in [-0.15, -0.1) is 0 Å². The predicted octanol–water partition coefficient (Wildman–Crippen LogP) is 2.37. The zero-order valence-corrected chi connectivity index (χ0v) is 12.9. The van der Waals surface area contributed by atoms with Crippen LogP contribution in [0.5, 0.6) is 0 Å². The third-order valence-electron chi connectivity index (χ3n) is 3.42. The standard InChI is InChI=1S/C15H25N3.CH4O/c1-2-10-16-11-4-3-7-14-9-8-13-6-5-12-17-15(13)18-14;1-2/h8-9,16H,2-7,10-12H2,1H3,(H,17,18);2H,1H3. The number of nitrogens with zero attached hydrogens (tertiary/aromatic N) is 1. The van der Waals surface area contributed by atoms with Crippen molar-refractivity contribution in [1.82, 2.24) is 10.3 Å². The maximum Gasteiger partial charge on any atom is 0.129 e. The van der Waals surface area contributed by atoms with E-state index in [1.54, 1.807) is 0 Å². The molecule has 0 saturated heterocycles. The average Bonchev–Trinajstić information content (AvgIpc) is 2.52. The normalized spacial score (nSPS) is 12.9. The maximum absolute atomic E-state index is 7.00. The molecule has 1 aliphatic heterocycles. The first-order chi connectivity index (χ1) is 9.90. The van der Waals surface area contributed by atoms with E-state index in [0.717, 1.165) is 39.0 Å². The molecule has 2 heterocycles. The molecule has 1 aromatic heterocycles. The molecule has 0 amide bonds. The van der Waals surface area contributed by atoms with Gasteiger partial charge < -0.3 is 15.7 Å². The molecule has 0 fully saturated rings. The Morgan fingerprint density at radius 1 is 1.25 bits per heavy atom. The number of anilines is 1. The number of hydrogen-bond acceptors (Lipinski definition) is 4.